The molecule has 1 amide bonds. The average Bonchev–Trinajstić information content (AvgIpc) is 3.07. The maximum absolute atomic E-state index is 12.0. The molecule has 112 valence electrons. The van der Waals surface area contributed by atoms with Crippen LogP contribution in [0.4, 0.5) is 0 Å². The topological polar surface area (TPSA) is 61.0 Å². The van der Waals surface area contributed by atoms with E-state index in [0.29, 0.717) is 12.5 Å². The molecule has 2 N–H and O–H groups in total. The highest BCUT2D eigenvalue weighted by Crippen LogP contribution is 2.17. The molecule has 1 atom stereocenters. The molecule has 5 nitrogen and oxygen atoms in total. The van der Waals surface area contributed by atoms with E-state index in [1.165, 1.54) is 19.4 Å². The van der Waals surface area contributed by atoms with Crippen molar-refractivity contribution in [2.45, 2.75) is 31.7 Å². The van der Waals surface area contributed by atoms with Crippen molar-refractivity contribution in [1.29, 1.82) is 0 Å². The minimum absolute atomic E-state index is 0.0921. The predicted octanol–water partition coefficient (Wildman–Crippen LogP) is 1.71. The molecule has 21 heavy (non-hydrogen) atoms. The Bertz CT molecular complexity index is 622. The number of H-pyrrole nitrogens is 1. The molecule has 3 rings (SSSR count). The minimum atomic E-state index is 0.0921. The van der Waals surface area contributed by atoms with Crippen LogP contribution < -0.4 is 5.32 Å². The maximum Gasteiger partial charge on any atom is 0.224 e. The van der Waals surface area contributed by atoms with E-state index in [4.69, 9.17) is 0 Å². The van der Waals surface area contributed by atoms with Crippen LogP contribution in [0.2, 0.25) is 0 Å². The molecule has 1 fully saturated rings. The van der Waals surface area contributed by atoms with Crippen LogP contribution in [0.1, 0.15) is 24.8 Å². The molecule has 2 heterocycles. The summed E-state index contributed by atoms with van der Waals surface area (Å²) in [5, 5.41) is 3.03. The molecular formula is C16H22N4O. The third kappa shape index (κ3) is 3.42. The second-order valence-electron chi connectivity index (χ2n) is 5.85. The number of benzene rings is 1. The van der Waals surface area contributed by atoms with Gasteiger partial charge in [-0.2, -0.15) is 0 Å². The Morgan fingerprint density at radius 3 is 3.24 bits per heavy atom. The van der Waals surface area contributed by atoms with Gasteiger partial charge in [-0.3, -0.25) is 4.79 Å². The summed E-state index contributed by atoms with van der Waals surface area (Å²) >= 11 is 0. The number of hydrogen-bond acceptors (Lipinski definition) is 3. The van der Waals surface area contributed by atoms with Crippen molar-refractivity contribution in [3.8, 4) is 0 Å². The number of likely N-dealkylation sites (tertiary alicyclic amines) is 1. The quantitative estimate of drug-likeness (QED) is 0.879. The maximum atomic E-state index is 12.0. The average molecular weight is 286 g/mol. The number of amides is 1. The summed E-state index contributed by atoms with van der Waals surface area (Å²) in [6, 6.07) is 6.54. The molecule has 1 aliphatic rings. The van der Waals surface area contributed by atoms with Gasteiger partial charge in [-0.1, -0.05) is 6.07 Å². The fourth-order valence-corrected chi connectivity index (χ4v) is 3.06. The number of aromatic amines is 1. The van der Waals surface area contributed by atoms with Crippen molar-refractivity contribution in [3.05, 3.63) is 30.1 Å². The van der Waals surface area contributed by atoms with Gasteiger partial charge in [0.15, 0.2) is 0 Å². The summed E-state index contributed by atoms with van der Waals surface area (Å²) in [7, 11) is 2.17. The van der Waals surface area contributed by atoms with Gasteiger partial charge in [0.05, 0.1) is 23.8 Å². The molecule has 1 aromatic carbocycles. The SMILES string of the molecule is CN1CCCC1CCNC(=O)Cc1ccc2nc[nH]c2c1. The van der Waals surface area contributed by atoms with Crippen molar-refractivity contribution in [2.75, 3.05) is 20.1 Å². The zero-order valence-electron chi connectivity index (χ0n) is 12.4. The summed E-state index contributed by atoms with van der Waals surface area (Å²) in [6.45, 7) is 1.95. The van der Waals surface area contributed by atoms with Crippen LogP contribution >= 0.6 is 0 Å². The van der Waals surface area contributed by atoms with Crippen LogP contribution in [0.5, 0.6) is 0 Å². The Labute approximate surface area is 124 Å². The molecule has 0 bridgehead atoms. The monoisotopic (exact) mass is 286 g/mol. The van der Waals surface area contributed by atoms with Crippen LogP contribution in [-0.2, 0) is 11.2 Å². The van der Waals surface area contributed by atoms with Gasteiger partial charge in [0.25, 0.3) is 0 Å². The first-order chi connectivity index (χ1) is 10.2. The molecule has 0 radical (unpaired) electrons. The first-order valence-electron chi connectivity index (χ1n) is 7.61. The van der Waals surface area contributed by atoms with E-state index in [1.807, 2.05) is 18.2 Å². The van der Waals surface area contributed by atoms with Gasteiger partial charge < -0.3 is 15.2 Å². The summed E-state index contributed by atoms with van der Waals surface area (Å²) in [6.07, 6.45) is 5.67. The summed E-state index contributed by atoms with van der Waals surface area (Å²) in [4.78, 5) is 21.6. The van der Waals surface area contributed by atoms with E-state index in [-0.39, 0.29) is 5.91 Å². The molecule has 0 aliphatic carbocycles. The third-order valence-corrected chi connectivity index (χ3v) is 4.32. The lowest BCUT2D eigenvalue weighted by atomic mass is 10.1. The van der Waals surface area contributed by atoms with E-state index < -0.39 is 0 Å². The summed E-state index contributed by atoms with van der Waals surface area (Å²) < 4.78 is 0. The fraction of sp³-hybridized carbons (Fsp3) is 0.500. The first-order valence-corrected chi connectivity index (χ1v) is 7.61. The normalized spacial score (nSPS) is 19.2. The Morgan fingerprint density at radius 1 is 1.52 bits per heavy atom. The van der Waals surface area contributed by atoms with Gasteiger partial charge in [0.2, 0.25) is 5.91 Å². The van der Waals surface area contributed by atoms with Crippen LogP contribution in [0.25, 0.3) is 11.0 Å². The highest BCUT2D eigenvalue weighted by molar-refractivity contribution is 5.81. The van der Waals surface area contributed by atoms with Crippen molar-refractivity contribution >= 4 is 16.9 Å². The van der Waals surface area contributed by atoms with Crippen molar-refractivity contribution in [1.82, 2.24) is 20.2 Å². The predicted molar refractivity (Wildman–Crippen MR) is 83.1 cm³/mol. The van der Waals surface area contributed by atoms with Crippen molar-refractivity contribution in [3.63, 3.8) is 0 Å². The Hall–Kier alpha value is -1.88. The van der Waals surface area contributed by atoms with Gasteiger partial charge >= 0.3 is 0 Å². The van der Waals surface area contributed by atoms with Gasteiger partial charge in [0.1, 0.15) is 0 Å². The Kier molecular flexibility index (Phi) is 4.20. The molecule has 2 aromatic rings. The number of carbonyl (C=O) groups excluding carboxylic acids is 1. The first kappa shape index (κ1) is 14.1. The number of nitrogens with zero attached hydrogens (tertiary/aromatic N) is 2. The zero-order chi connectivity index (χ0) is 14.7. The molecule has 5 heteroatoms. The van der Waals surface area contributed by atoms with Gasteiger partial charge in [-0.25, -0.2) is 4.98 Å². The zero-order valence-corrected chi connectivity index (χ0v) is 12.4. The standard InChI is InChI=1S/C16H22N4O/c1-20-8-2-3-13(20)6-7-17-16(21)10-12-4-5-14-15(9-12)19-11-18-14/h4-5,9,11,13H,2-3,6-8,10H2,1H3,(H,17,21)(H,18,19). The Balaban J connectivity index is 1.47. The van der Waals surface area contributed by atoms with Gasteiger partial charge in [0, 0.05) is 12.6 Å². The third-order valence-electron chi connectivity index (χ3n) is 4.32. The van der Waals surface area contributed by atoms with Gasteiger partial charge in [-0.15, -0.1) is 0 Å². The lowest BCUT2D eigenvalue weighted by Crippen LogP contribution is -2.32. The van der Waals surface area contributed by atoms with Crippen LogP contribution in [0, 0.1) is 0 Å². The number of nitrogens with one attached hydrogen (secondary N) is 2. The lowest BCUT2D eigenvalue weighted by Gasteiger charge is -2.19. The molecule has 1 aliphatic heterocycles. The lowest BCUT2D eigenvalue weighted by molar-refractivity contribution is -0.120. The number of aromatic nitrogens is 2. The van der Waals surface area contributed by atoms with Crippen LogP contribution in [0.3, 0.4) is 0 Å². The molecular weight excluding hydrogens is 264 g/mol. The van der Waals surface area contributed by atoms with E-state index >= 15 is 0 Å². The molecule has 0 spiro atoms. The largest absolute Gasteiger partial charge is 0.356 e. The number of imidazole rings is 1. The van der Waals surface area contributed by atoms with E-state index in [2.05, 4.69) is 27.2 Å². The van der Waals surface area contributed by atoms with Gasteiger partial charge in [-0.05, 0) is 50.6 Å². The number of hydrogen-bond donors (Lipinski definition) is 2. The van der Waals surface area contributed by atoms with Crippen LogP contribution in [0.15, 0.2) is 24.5 Å². The van der Waals surface area contributed by atoms with Crippen LogP contribution in [-0.4, -0.2) is 47.0 Å². The Morgan fingerprint density at radius 2 is 2.43 bits per heavy atom. The second-order valence-corrected chi connectivity index (χ2v) is 5.85. The minimum Gasteiger partial charge on any atom is -0.356 e. The van der Waals surface area contributed by atoms with Crippen molar-refractivity contribution < 1.29 is 4.79 Å². The van der Waals surface area contributed by atoms with E-state index in [1.54, 1.807) is 6.33 Å². The summed E-state index contributed by atoms with van der Waals surface area (Å²) in [5.74, 6) is 0.0921. The van der Waals surface area contributed by atoms with E-state index in [0.717, 1.165) is 29.6 Å². The second kappa shape index (κ2) is 6.26. The summed E-state index contributed by atoms with van der Waals surface area (Å²) in [5.41, 5.74) is 2.93. The number of rotatable bonds is 5. The highest BCUT2D eigenvalue weighted by Gasteiger charge is 2.20. The smallest absolute Gasteiger partial charge is 0.224 e. The molecule has 1 aromatic heterocycles. The van der Waals surface area contributed by atoms with E-state index in [9.17, 15) is 4.79 Å². The van der Waals surface area contributed by atoms with Crippen molar-refractivity contribution in [2.24, 2.45) is 0 Å². The number of fused-ring (bicyclic) bond motifs is 1. The number of carbonyl (C=O) groups is 1. The molecule has 1 unspecified atom stereocenters. The highest BCUT2D eigenvalue weighted by atomic mass is 16.1. The molecule has 0 saturated carbocycles. The fourth-order valence-electron chi connectivity index (χ4n) is 3.06. The molecule has 1 saturated heterocycles.